The van der Waals surface area contributed by atoms with E-state index >= 15 is 0 Å². The number of carboxylic acids is 2. The zero-order valence-corrected chi connectivity index (χ0v) is 85.9. The number of halogens is 1. The smallest absolute Gasteiger partial charge is 0.415 e. The van der Waals surface area contributed by atoms with Gasteiger partial charge < -0.3 is 60.9 Å². The number of hydrogen-bond acceptors (Lipinski definition) is 29. The summed E-state index contributed by atoms with van der Waals surface area (Å²) in [4.78, 5) is 150. The van der Waals surface area contributed by atoms with E-state index in [1.165, 1.54) is 119 Å². The lowest BCUT2D eigenvalue weighted by atomic mass is 10.1. The molecule has 6 amide bonds. The molecule has 0 fully saturated rings. The van der Waals surface area contributed by atoms with E-state index < -0.39 is 76.3 Å². The molecule has 142 heavy (non-hydrogen) atoms. The van der Waals surface area contributed by atoms with Gasteiger partial charge in [0.25, 0.3) is 5.91 Å². The van der Waals surface area contributed by atoms with Gasteiger partial charge in [0, 0.05) is 88.3 Å². The molecule has 10 heterocycles. The molecule has 14 aromatic rings. The maximum absolute atomic E-state index is 12.7. The molecule has 0 aliphatic carbocycles. The largest absolute Gasteiger partial charge is 0.477 e. The minimum absolute atomic E-state index is 0.0714. The number of primary amides is 1. The monoisotopic (exact) mass is 1970 g/mol. The van der Waals surface area contributed by atoms with E-state index in [0.717, 1.165) is 67.3 Å². The van der Waals surface area contributed by atoms with E-state index in [1.54, 1.807) is 142 Å². The van der Waals surface area contributed by atoms with Gasteiger partial charge >= 0.3 is 42.4 Å². The number of fused-ring (bicyclic) bond motifs is 5. The average Bonchev–Trinajstić information content (AvgIpc) is 1.65. The van der Waals surface area contributed by atoms with Crippen LogP contribution in [0.4, 0.5) is 99.1 Å². The standard InChI is InChI=1S/C22H27N5O3.C21H26N6O3.2C21H25N5O4.C14H17ClN4O3/c1-13-8-14(2)10-16(9-13)24-18-11-19(26(7)21(29)30-22(4,5)6)27-20(25-18)17(12-23-27)15(3)28;1-12-7-13(2)9-14(8-12)24-16-10-17(26(6)20(29)30-21(3,4)5)27-19(25-16)15(11-23-27)18(22)28;2*1-12-7-13(2)9-14(8-12)23-16-10-17(25(6)20(29)30-21(3,4)5)26-18(24-16)15(11-22-26)19(27)28;1-8(20)9-7-16-19-11(6-10(15)17-12(9)19)18(5)13(21)22-14(2,3)4/h8-12H,1-7H3,(H,24,25);7-11H,1-6H3,(H2,22,28)(H,24,25);2*7-11H,1-6H3,(H,23,24)(H,27,28);6-7H,1-5H3. The van der Waals surface area contributed by atoms with Crippen molar-refractivity contribution in [2.24, 2.45) is 5.73 Å². The minimum atomic E-state index is -1.16. The lowest BCUT2D eigenvalue weighted by Crippen LogP contribution is -2.35. The molecule has 43 heteroatoms. The van der Waals surface area contributed by atoms with E-state index in [1.807, 2.05) is 116 Å². The molecule has 10 aromatic heterocycles. The Hall–Kier alpha value is -16.4. The number of benzene rings is 4. The third kappa shape index (κ3) is 28.0. The summed E-state index contributed by atoms with van der Waals surface area (Å²) in [7, 11) is 7.76. The van der Waals surface area contributed by atoms with Crippen LogP contribution in [0.5, 0.6) is 0 Å². The molecule has 42 nitrogen and oxygen atoms in total. The summed E-state index contributed by atoms with van der Waals surface area (Å²) in [5.74, 6) is 0.123. The van der Waals surface area contributed by atoms with Crippen molar-refractivity contribution in [3.8, 4) is 0 Å². The third-order valence-corrected chi connectivity index (χ3v) is 19.9. The predicted molar refractivity (Wildman–Crippen MR) is 542 cm³/mol. The molecule has 14 rings (SSSR count). The number of aryl methyl sites for hydroxylation is 8. The molecule has 4 aromatic carbocycles. The van der Waals surface area contributed by atoms with Crippen molar-refractivity contribution >= 4 is 175 Å². The number of nitrogens with zero attached hydrogens (tertiary/aromatic N) is 20. The van der Waals surface area contributed by atoms with Gasteiger partial charge in [0.1, 0.15) is 102 Å². The summed E-state index contributed by atoms with van der Waals surface area (Å²) in [5.41, 5.74) is 16.0. The SMILES string of the molecule is CC(=O)c1cnn2c(N(C)C(=O)OC(C)(C)C)cc(Cl)nc12.CC(=O)c1cnn2c(N(C)C(=O)OC(C)(C)C)cc(Nc3cc(C)cc(C)c3)nc12.Cc1cc(C)cc(Nc2cc(N(C)C(=O)OC(C)(C)C)n3ncc(C(=O)O)c3n2)c1.Cc1cc(C)cc(Nc2cc(N(C)C(=O)OC(C)(C)C)n3ncc(C(=O)O)c3n2)c1.Cc1cc(C)cc(Nc2cc(N(C)C(=O)OC(C)(C)C)n3ncc(C(N)=O)c3n2)c1. The number of hydrogen-bond donors (Lipinski definition) is 7. The van der Waals surface area contributed by atoms with Crippen LogP contribution in [0.25, 0.3) is 28.2 Å². The number of amides is 6. The van der Waals surface area contributed by atoms with Gasteiger partial charge in [-0.1, -0.05) is 35.9 Å². The second-order valence-electron chi connectivity index (χ2n) is 38.7. The second kappa shape index (κ2) is 42.9. The number of carboxylic acid groups (broad SMARTS) is 2. The number of anilines is 13. The first-order valence-electron chi connectivity index (χ1n) is 44.5. The molecule has 0 aliphatic heterocycles. The number of carbonyl (C=O) groups excluding carboxylic acids is 8. The molecule has 0 spiro atoms. The summed E-state index contributed by atoms with van der Waals surface area (Å²) in [6.07, 6.45) is 3.74. The van der Waals surface area contributed by atoms with Crippen molar-refractivity contribution in [2.45, 2.75) is 201 Å². The number of nitrogens with one attached hydrogen (secondary N) is 4. The summed E-state index contributed by atoms with van der Waals surface area (Å²) >= 11 is 6.00. The topological polar surface area (TPSA) is 499 Å². The highest BCUT2D eigenvalue weighted by Crippen LogP contribution is 2.34. The second-order valence-corrected chi connectivity index (χ2v) is 39.1. The van der Waals surface area contributed by atoms with E-state index in [2.05, 4.69) is 83.8 Å². The first kappa shape index (κ1) is 108. The fourth-order valence-corrected chi connectivity index (χ4v) is 14.2. The Bertz CT molecular complexity index is 6430. The van der Waals surface area contributed by atoms with Crippen molar-refractivity contribution in [2.75, 3.05) is 81.0 Å². The fraction of sp³-hybridized carbons (Fsp3) is 0.354. The number of aromatic nitrogens is 15. The van der Waals surface area contributed by atoms with Gasteiger partial charge in [0.15, 0.2) is 39.8 Å². The van der Waals surface area contributed by atoms with Crippen LogP contribution in [-0.4, -0.2) is 206 Å². The highest BCUT2D eigenvalue weighted by Gasteiger charge is 2.33. The van der Waals surface area contributed by atoms with Gasteiger partial charge in [0.05, 0.1) is 42.1 Å². The van der Waals surface area contributed by atoms with Gasteiger partial charge in [-0.3, -0.25) is 38.9 Å². The van der Waals surface area contributed by atoms with Crippen molar-refractivity contribution in [1.82, 2.24) is 73.0 Å². The maximum atomic E-state index is 12.7. The molecule has 0 bridgehead atoms. The Balaban J connectivity index is 0.000000183. The zero-order valence-electron chi connectivity index (χ0n) is 85.1. The Labute approximate surface area is 824 Å². The summed E-state index contributed by atoms with van der Waals surface area (Å²) in [6, 6.07) is 32.0. The number of nitrogens with two attached hydrogens (primary N) is 1. The molecule has 750 valence electrons. The molecule has 0 unspecified atom stereocenters. The summed E-state index contributed by atoms with van der Waals surface area (Å²) < 4.78 is 34.0. The predicted octanol–water partition coefficient (Wildman–Crippen LogP) is 19.5. The Kier molecular flexibility index (Phi) is 32.5. The van der Waals surface area contributed by atoms with E-state index in [4.69, 9.17) is 41.0 Å². The zero-order chi connectivity index (χ0) is 106. The highest BCUT2D eigenvalue weighted by molar-refractivity contribution is 6.30. The Morgan fingerprint density at radius 1 is 0.296 bits per heavy atom. The number of ether oxygens (including phenoxy) is 5. The molecule has 0 saturated carbocycles. The number of aromatic carboxylic acids is 2. The van der Waals surface area contributed by atoms with Gasteiger partial charge in [-0.05, 0) is 266 Å². The van der Waals surface area contributed by atoms with Gasteiger partial charge in [-0.2, -0.15) is 48.1 Å². The Morgan fingerprint density at radius 3 is 0.676 bits per heavy atom. The van der Waals surface area contributed by atoms with Crippen LogP contribution in [0.3, 0.4) is 0 Å². The highest BCUT2D eigenvalue weighted by atomic mass is 35.5. The average molecular weight is 1970 g/mol. The molecular formula is C99H120ClN25O17. The van der Waals surface area contributed by atoms with Crippen LogP contribution < -0.4 is 51.5 Å². The van der Waals surface area contributed by atoms with Crippen LogP contribution in [0, 0.1) is 55.4 Å². The van der Waals surface area contributed by atoms with E-state index in [0.29, 0.717) is 74.8 Å². The molecular weight excluding hydrogens is 1850 g/mol. The lowest BCUT2D eigenvalue weighted by molar-refractivity contribution is 0.0577. The van der Waals surface area contributed by atoms with Crippen LogP contribution in [-0.2, 0) is 23.7 Å². The molecule has 0 saturated heterocycles. The summed E-state index contributed by atoms with van der Waals surface area (Å²) in [6.45, 7) is 45.5. The first-order valence-corrected chi connectivity index (χ1v) is 44.9. The van der Waals surface area contributed by atoms with Crippen molar-refractivity contribution < 1.29 is 81.8 Å². The van der Waals surface area contributed by atoms with Crippen molar-refractivity contribution in [3.05, 3.63) is 212 Å². The number of carbonyl (C=O) groups is 10. The van der Waals surface area contributed by atoms with E-state index in [-0.39, 0.29) is 50.4 Å². The quantitative estimate of drug-likeness (QED) is 0.0238. The Morgan fingerprint density at radius 2 is 0.479 bits per heavy atom. The molecule has 0 radical (unpaired) electrons. The maximum Gasteiger partial charge on any atom is 0.415 e. The van der Waals surface area contributed by atoms with Crippen LogP contribution in [0.1, 0.15) is 214 Å². The minimum Gasteiger partial charge on any atom is -0.477 e. The van der Waals surface area contributed by atoms with Crippen LogP contribution in [0.15, 0.2) is 134 Å². The van der Waals surface area contributed by atoms with Crippen molar-refractivity contribution in [3.63, 3.8) is 0 Å². The number of ketones is 2. The summed E-state index contributed by atoms with van der Waals surface area (Å²) in [5, 5.41) is 52.8. The molecule has 8 N–H and O–H groups in total. The van der Waals surface area contributed by atoms with Gasteiger partial charge in [0.2, 0.25) is 0 Å². The molecule has 0 atom stereocenters. The first-order chi connectivity index (χ1) is 65.9. The lowest BCUT2D eigenvalue weighted by Gasteiger charge is -2.25. The van der Waals surface area contributed by atoms with Crippen LogP contribution >= 0.6 is 11.6 Å². The number of Topliss-reactive ketones (excluding diaryl/α,β-unsaturated/α-hetero) is 2. The fourth-order valence-electron chi connectivity index (χ4n) is 14.0. The van der Waals surface area contributed by atoms with E-state index in [9.17, 15) is 58.2 Å². The molecule has 0 aliphatic rings. The number of rotatable bonds is 18. The van der Waals surface area contributed by atoms with Gasteiger partial charge in [-0.25, -0.2) is 58.5 Å². The van der Waals surface area contributed by atoms with Crippen molar-refractivity contribution in [1.29, 1.82) is 0 Å². The third-order valence-electron chi connectivity index (χ3n) is 19.8. The normalized spacial score (nSPS) is 11.4. The van der Waals surface area contributed by atoms with Gasteiger partial charge in [-0.15, -0.1) is 0 Å². The van der Waals surface area contributed by atoms with Crippen LogP contribution in [0.2, 0.25) is 5.15 Å².